The van der Waals surface area contributed by atoms with E-state index in [4.69, 9.17) is 4.74 Å². The number of pyridine rings is 1. The van der Waals surface area contributed by atoms with Gasteiger partial charge in [0.25, 0.3) is 0 Å². The number of unbranched alkanes of at least 4 members (excludes halogenated alkanes) is 1. The van der Waals surface area contributed by atoms with Crippen molar-refractivity contribution in [2.45, 2.75) is 19.8 Å². The smallest absolute Gasteiger partial charge is 0.341 e. The Morgan fingerprint density at radius 1 is 1.53 bits per heavy atom. The van der Waals surface area contributed by atoms with Gasteiger partial charge in [0.2, 0.25) is 5.95 Å². The van der Waals surface area contributed by atoms with Crippen LogP contribution in [-0.2, 0) is 4.74 Å². The maximum atomic E-state index is 13.0. The van der Waals surface area contributed by atoms with Gasteiger partial charge in [0.15, 0.2) is 5.82 Å². The number of hydrogen-bond donors (Lipinski definition) is 0. The summed E-state index contributed by atoms with van der Waals surface area (Å²) in [4.78, 5) is 14.3. The van der Waals surface area contributed by atoms with E-state index in [0.29, 0.717) is 6.42 Å². The zero-order valence-corrected chi connectivity index (χ0v) is 8.30. The van der Waals surface area contributed by atoms with Crippen LogP contribution >= 0.6 is 0 Å². The number of esters is 1. The Labute approximate surface area is 86.1 Å². The first-order valence-electron chi connectivity index (χ1n) is 4.64. The van der Waals surface area contributed by atoms with E-state index >= 15 is 0 Å². The minimum absolute atomic E-state index is 0.207. The Hall–Kier alpha value is -1.52. The number of hydrogen-bond acceptors (Lipinski definition) is 3. The molecule has 0 aliphatic carbocycles. The van der Waals surface area contributed by atoms with E-state index in [2.05, 4.69) is 4.98 Å². The van der Waals surface area contributed by atoms with Gasteiger partial charge in [-0.2, -0.15) is 4.39 Å². The molecule has 15 heavy (non-hydrogen) atoms. The summed E-state index contributed by atoms with van der Waals surface area (Å²) in [6.45, 7) is 2.14. The van der Waals surface area contributed by atoms with Gasteiger partial charge < -0.3 is 4.74 Å². The van der Waals surface area contributed by atoms with Crippen molar-refractivity contribution < 1.29 is 18.3 Å². The summed E-state index contributed by atoms with van der Waals surface area (Å²) in [5.74, 6) is -3.42. The molecule has 0 saturated heterocycles. The second kappa shape index (κ2) is 5.38. The lowest BCUT2D eigenvalue weighted by molar-refractivity contribution is 0.0492. The van der Waals surface area contributed by atoms with Crippen LogP contribution in [0.4, 0.5) is 8.78 Å². The molecule has 1 rings (SSSR count). The van der Waals surface area contributed by atoms with Crippen LogP contribution in [0.25, 0.3) is 0 Å². The maximum Gasteiger partial charge on any atom is 0.341 e. The lowest BCUT2D eigenvalue weighted by Gasteiger charge is -2.04. The number of ether oxygens (including phenoxy) is 1. The third kappa shape index (κ3) is 2.97. The van der Waals surface area contributed by atoms with Crippen LogP contribution in [-0.4, -0.2) is 17.6 Å². The van der Waals surface area contributed by atoms with Crippen LogP contribution in [0.3, 0.4) is 0 Å². The van der Waals surface area contributed by atoms with E-state index in [0.717, 1.165) is 18.7 Å². The summed E-state index contributed by atoms with van der Waals surface area (Å²) in [7, 11) is 0. The molecule has 0 radical (unpaired) electrons. The van der Waals surface area contributed by atoms with Crippen LogP contribution in [0, 0.1) is 11.8 Å². The summed E-state index contributed by atoms with van der Waals surface area (Å²) in [5.41, 5.74) is -0.418. The van der Waals surface area contributed by atoms with Crippen molar-refractivity contribution in [1.82, 2.24) is 4.98 Å². The van der Waals surface area contributed by atoms with Crippen molar-refractivity contribution in [3.05, 3.63) is 29.6 Å². The highest BCUT2D eigenvalue weighted by molar-refractivity contribution is 5.89. The van der Waals surface area contributed by atoms with Gasteiger partial charge in [-0.05, 0) is 12.5 Å². The topological polar surface area (TPSA) is 39.2 Å². The Morgan fingerprint density at radius 2 is 2.27 bits per heavy atom. The third-order valence-electron chi connectivity index (χ3n) is 1.80. The van der Waals surface area contributed by atoms with E-state index in [9.17, 15) is 13.6 Å². The number of halogens is 2. The molecule has 1 heterocycles. The summed E-state index contributed by atoms with van der Waals surface area (Å²) in [6, 6.07) is 1.09. The van der Waals surface area contributed by atoms with Crippen molar-refractivity contribution in [3.63, 3.8) is 0 Å². The number of aromatic nitrogens is 1. The fraction of sp³-hybridized carbons (Fsp3) is 0.400. The first kappa shape index (κ1) is 11.6. The molecule has 0 aliphatic heterocycles. The molecule has 0 N–H and O–H groups in total. The molecule has 0 amide bonds. The maximum absolute atomic E-state index is 13.0. The second-order valence-electron chi connectivity index (χ2n) is 2.95. The highest BCUT2D eigenvalue weighted by Crippen LogP contribution is 2.10. The molecular formula is C10H11F2NO2. The normalized spacial score (nSPS) is 10.1. The van der Waals surface area contributed by atoms with Gasteiger partial charge in [-0.15, -0.1) is 0 Å². The predicted molar refractivity (Wildman–Crippen MR) is 49.3 cm³/mol. The molecule has 0 unspecified atom stereocenters. The molecular weight excluding hydrogens is 204 g/mol. The molecule has 1 aromatic rings. The Balaban J connectivity index is 2.69. The Kier molecular flexibility index (Phi) is 4.15. The largest absolute Gasteiger partial charge is 0.462 e. The number of carbonyl (C=O) groups is 1. The lowest BCUT2D eigenvalue weighted by atomic mass is 10.2. The monoisotopic (exact) mass is 215 g/mol. The molecule has 82 valence electrons. The quantitative estimate of drug-likeness (QED) is 0.439. The average Bonchev–Trinajstić information content (AvgIpc) is 2.22. The van der Waals surface area contributed by atoms with Gasteiger partial charge in [0, 0.05) is 6.20 Å². The van der Waals surface area contributed by atoms with E-state index < -0.39 is 23.3 Å². The summed E-state index contributed by atoms with van der Waals surface area (Å²) >= 11 is 0. The van der Waals surface area contributed by atoms with Gasteiger partial charge in [-0.25, -0.2) is 14.2 Å². The molecule has 0 aliphatic rings. The molecule has 3 nitrogen and oxygen atoms in total. The van der Waals surface area contributed by atoms with E-state index in [-0.39, 0.29) is 6.61 Å². The van der Waals surface area contributed by atoms with Crippen molar-refractivity contribution in [1.29, 1.82) is 0 Å². The van der Waals surface area contributed by atoms with Crippen molar-refractivity contribution in [2.24, 2.45) is 0 Å². The molecule has 0 spiro atoms. The van der Waals surface area contributed by atoms with Crippen LogP contribution in [0.5, 0.6) is 0 Å². The van der Waals surface area contributed by atoms with Crippen LogP contribution in [0.15, 0.2) is 12.3 Å². The van der Waals surface area contributed by atoms with Gasteiger partial charge in [-0.3, -0.25) is 0 Å². The van der Waals surface area contributed by atoms with E-state index in [1.165, 1.54) is 0 Å². The van der Waals surface area contributed by atoms with Crippen molar-refractivity contribution in [3.8, 4) is 0 Å². The van der Waals surface area contributed by atoms with Gasteiger partial charge in [-0.1, -0.05) is 13.3 Å². The highest BCUT2D eigenvalue weighted by atomic mass is 19.2. The summed E-state index contributed by atoms with van der Waals surface area (Å²) in [5, 5.41) is 0. The van der Waals surface area contributed by atoms with Crippen LogP contribution in [0.1, 0.15) is 30.1 Å². The van der Waals surface area contributed by atoms with Crippen molar-refractivity contribution in [2.75, 3.05) is 6.61 Å². The zero-order chi connectivity index (χ0) is 11.3. The lowest BCUT2D eigenvalue weighted by Crippen LogP contribution is -2.10. The first-order valence-corrected chi connectivity index (χ1v) is 4.64. The zero-order valence-electron chi connectivity index (χ0n) is 8.30. The third-order valence-corrected chi connectivity index (χ3v) is 1.80. The van der Waals surface area contributed by atoms with Gasteiger partial charge in [0.1, 0.15) is 5.56 Å². The second-order valence-corrected chi connectivity index (χ2v) is 2.95. The van der Waals surface area contributed by atoms with Crippen LogP contribution in [0.2, 0.25) is 0 Å². The minimum Gasteiger partial charge on any atom is -0.462 e. The standard InChI is InChI=1S/C10H11F2NO2/c1-2-3-6-15-10(14)7-4-5-13-9(12)8(7)11/h4-5H,2-3,6H2,1H3. The molecule has 0 fully saturated rings. The van der Waals surface area contributed by atoms with Gasteiger partial charge in [0.05, 0.1) is 6.61 Å². The molecule has 0 atom stereocenters. The molecule has 1 aromatic heterocycles. The number of rotatable bonds is 4. The van der Waals surface area contributed by atoms with E-state index in [1.807, 2.05) is 6.92 Å². The molecule has 5 heteroatoms. The molecule has 0 bridgehead atoms. The summed E-state index contributed by atoms with van der Waals surface area (Å²) < 4.78 is 30.4. The minimum atomic E-state index is -1.29. The molecule has 0 aromatic carbocycles. The number of carbonyl (C=O) groups excluding carboxylic acids is 1. The summed E-state index contributed by atoms with van der Waals surface area (Å²) in [6.07, 6.45) is 2.58. The predicted octanol–water partition coefficient (Wildman–Crippen LogP) is 2.32. The average molecular weight is 215 g/mol. The fourth-order valence-corrected chi connectivity index (χ4v) is 0.963. The first-order chi connectivity index (χ1) is 7.16. The van der Waals surface area contributed by atoms with Crippen LogP contribution < -0.4 is 0 Å². The Bertz CT molecular complexity index is 355. The highest BCUT2D eigenvalue weighted by Gasteiger charge is 2.16. The van der Waals surface area contributed by atoms with Gasteiger partial charge >= 0.3 is 5.97 Å². The molecule has 0 saturated carbocycles. The Morgan fingerprint density at radius 3 is 2.93 bits per heavy atom. The number of nitrogens with zero attached hydrogens (tertiary/aromatic N) is 1. The SMILES string of the molecule is CCCCOC(=O)c1ccnc(F)c1F. The van der Waals surface area contributed by atoms with E-state index in [1.54, 1.807) is 0 Å². The van der Waals surface area contributed by atoms with Crippen molar-refractivity contribution >= 4 is 5.97 Å². The fourth-order valence-electron chi connectivity index (χ4n) is 0.963.